The normalized spacial score (nSPS) is 18.5. The van der Waals surface area contributed by atoms with Gasteiger partial charge in [-0.05, 0) is 31.2 Å². The topological polar surface area (TPSA) is 29.5 Å². The van der Waals surface area contributed by atoms with Crippen molar-refractivity contribution in [1.82, 2.24) is 4.90 Å². The van der Waals surface area contributed by atoms with E-state index in [1.165, 1.54) is 0 Å². The summed E-state index contributed by atoms with van der Waals surface area (Å²) in [5.41, 5.74) is 0.906. The predicted octanol–water partition coefficient (Wildman–Crippen LogP) is 5.03. The molecule has 6 heteroatoms. The van der Waals surface area contributed by atoms with E-state index in [0.29, 0.717) is 22.3 Å². The molecule has 0 aliphatic carbocycles. The van der Waals surface area contributed by atoms with E-state index in [9.17, 15) is 4.79 Å². The minimum absolute atomic E-state index is 0.0418. The van der Waals surface area contributed by atoms with Crippen LogP contribution in [-0.2, 0) is 4.79 Å². The molecule has 1 aliphatic rings. The first-order valence-corrected chi connectivity index (χ1v) is 9.45. The van der Waals surface area contributed by atoms with Crippen LogP contribution in [0, 0.1) is 0 Å². The maximum Gasteiger partial charge on any atom is 0.264 e. The highest BCUT2D eigenvalue weighted by atomic mass is 35.5. The second kappa shape index (κ2) is 7.68. The maximum atomic E-state index is 12.8. The van der Waals surface area contributed by atoms with Crippen molar-refractivity contribution in [3.8, 4) is 5.75 Å². The molecule has 2 aromatic rings. The number of hydrogen-bond acceptors (Lipinski definition) is 3. The van der Waals surface area contributed by atoms with Gasteiger partial charge in [0, 0.05) is 27.9 Å². The molecule has 1 saturated heterocycles. The van der Waals surface area contributed by atoms with Crippen LogP contribution in [0.3, 0.4) is 0 Å². The highest BCUT2D eigenvalue weighted by Crippen LogP contribution is 2.41. The molecule has 0 radical (unpaired) electrons. The van der Waals surface area contributed by atoms with Gasteiger partial charge >= 0.3 is 0 Å². The number of para-hydroxylation sites is 1. The molecule has 0 bridgehead atoms. The molecule has 2 atom stereocenters. The molecular formula is C18H17Cl2NO2S. The van der Waals surface area contributed by atoms with Crippen LogP contribution in [-0.4, -0.2) is 29.2 Å². The smallest absolute Gasteiger partial charge is 0.264 e. The van der Waals surface area contributed by atoms with Gasteiger partial charge in [-0.1, -0.05) is 47.5 Å². The first kappa shape index (κ1) is 17.5. The van der Waals surface area contributed by atoms with Crippen molar-refractivity contribution in [1.29, 1.82) is 0 Å². The van der Waals surface area contributed by atoms with Crippen LogP contribution in [0.25, 0.3) is 0 Å². The van der Waals surface area contributed by atoms with Gasteiger partial charge in [0.05, 0.1) is 0 Å². The quantitative estimate of drug-likeness (QED) is 0.743. The van der Waals surface area contributed by atoms with Gasteiger partial charge < -0.3 is 9.64 Å². The SMILES string of the molecule is CC(Oc1ccccc1)C(=O)N1CCSC1c1ccc(Cl)cc1Cl. The molecule has 1 heterocycles. The minimum atomic E-state index is -0.556. The Kier molecular flexibility index (Phi) is 5.59. The molecule has 2 aromatic carbocycles. The van der Waals surface area contributed by atoms with E-state index in [1.807, 2.05) is 41.3 Å². The van der Waals surface area contributed by atoms with E-state index < -0.39 is 6.10 Å². The van der Waals surface area contributed by atoms with E-state index in [0.717, 1.165) is 11.3 Å². The number of carbonyl (C=O) groups is 1. The fraction of sp³-hybridized carbons (Fsp3) is 0.278. The Morgan fingerprint density at radius 2 is 2.00 bits per heavy atom. The fourth-order valence-corrected chi connectivity index (χ4v) is 4.52. The van der Waals surface area contributed by atoms with E-state index in [4.69, 9.17) is 27.9 Å². The van der Waals surface area contributed by atoms with Gasteiger partial charge in [-0.3, -0.25) is 4.79 Å². The predicted molar refractivity (Wildman–Crippen MR) is 99.9 cm³/mol. The van der Waals surface area contributed by atoms with Crippen LogP contribution < -0.4 is 4.74 Å². The van der Waals surface area contributed by atoms with Crippen LogP contribution in [0.4, 0.5) is 0 Å². The Morgan fingerprint density at radius 3 is 2.71 bits per heavy atom. The fourth-order valence-electron chi connectivity index (χ4n) is 2.64. The van der Waals surface area contributed by atoms with E-state index in [-0.39, 0.29) is 11.3 Å². The third kappa shape index (κ3) is 3.82. The third-order valence-electron chi connectivity index (χ3n) is 3.81. The van der Waals surface area contributed by atoms with Gasteiger partial charge in [0.2, 0.25) is 0 Å². The number of nitrogens with zero attached hydrogens (tertiary/aromatic N) is 1. The molecule has 0 N–H and O–H groups in total. The number of carbonyl (C=O) groups excluding carboxylic acids is 1. The second-order valence-corrected chi connectivity index (χ2v) is 7.53. The van der Waals surface area contributed by atoms with Crippen molar-refractivity contribution >= 4 is 40.9 Å². The molecule has 3 rings (SSSR count). The highest BCUT2D eigenvalue weighted by molar-refractivity contribution is 7.99. The van der Waals surface area contributed by atoms with Crippen LogP contribution >= 0.6 is 35.0 Å². The average Bonchev–Trinajstić information content (AvgIpc) is 3.04. The molecule has 1 amide bonds. The van der Waals surface area contributed by atoms with Crippen molar-refractivity contribution in [2.75, 3.05) is 12.3 Å². The lowest BCUT2D eigenvalue weighted by Crippen LogP contribution is -2.40. The lowest BCUT2D eigenvalue weighted by atomic mass is 10.2. The van der Waals surface area contributed by atoms with Crippen molar-refractivity contribution in [2.24, 2.45) is 0 Å². The molecule has 1 fully saturated rings. The van der Waals surface area contributed by atoms with Gasteiger partial charge in [0.1, 0.15) is 11.1 Å². The molecule has 3 nitrogen and oxygen atoms in total. The molecule has 24 heavy (non-hydrogen) atoms. The van der Waals surface area contributed by atoms with Gasteiger partial charge in [-0.15, -0.1) is 11.8 Å². The molecule has 1 aliphatic heterocycles. The minimum Gasteiger partial charge on any atom is -0.481 e. The van der Waals surface area contributed by atoms with Gasteiger partial charge in [0.25, 0.3) is 5.91 Å². The number of benzene rings is 2. The van der Waals surface area contributed by atoms with Crippen molar-refractivity contribution < 1.29 is 9.53 Å². The molecule has 0 saturated carbocycles. The summed E-state index contributed by atoms with van der Waals surface area (Å²) in [6.07, 6.45) is -0.556. The summed E-state index contributed by atoms with van der Waals surface area (Å²) >= 11 is 14.0. The first-order chi connectivity index (χ1) is 11.6. The molecule has 0 spiro atoms. The van der Waals surface area contributed by atoms with E-state index >= 15 is 0 Å². The first-order valence-electron chi connectivity index (χ1n) is 7.65. The summed E-state index contributed by atoms with van der Waals surface area (Å²) in [4.78, 5) is 14.7. The zero-order chi connectivity index (χ0) is 17.1. The molecule has 0 aromatic heterocycles. The van der Waals surface area contributed by atoms with Crippen LogP contribution in [0.2, 0.25) is 10.0 Å². The number of amides is 1. The number of hydrogen-bond donors (Lipinski definition) is 0. The van der Waals surface area contributed by atoms with Crippen molar-refractivity contribution in [3.05, 3.63) is 64.1 Å². The Morgan fingerprint density at radius 1 is 1.25 bits per heavy atom. The maximum absolute atomic E-state index is 12.8. The summed E-state index contributed by atoms with van der Waals surface area (Å²) in [6.45, 7) is 2.45. The van der Waals surface area contributed by atoms with Crippen LogP contribution in [0.5, 0.6) is 5.75 Å². The van der Waals surface area contributed by atoms with E-state index in [1.54, 1.807) is 30.8 Å². The number of halogens is 2. The lowest BCUT2D eigenvalue weighted by molar-refractivity contribution is -0.138. The summed E-state index contributed by atoms with van der Waals surface area (Å²) in [7, 11) is 0. The summed E-state index contributed by atoms with van der Waals surface area (Å²) in [5, 5.41) is 1.06. The van der Waals surface area contributed by atoms with Gasteiger partial charge in [-0.2, -0.15) is 0 Å². The lowest BCUT2D eigenvalue weighted by Gasteiger charge is -2.27. The number of ether oxygens (including phenoxy) is 1. The summed E-state index contributed by atoms with van der Waals surface area (Å²) in [5.74, 6) is 1.51. The Hall–Kier alpha value is -1.36. The molecule has 2 unspecified atom stereocenters. The number of rotatable bonds is 4. The van der Waals surface area contributed by atoms with Crippen LogP contribution in [0.15, 0.2) is 48.5 Å². The number of thioether (sulfide) groups is 1. The summed E-state index contributed by atoms with van der Waals surface area (Å²) < 4.78 is 5.77. The third-order valence-corrected chi connectivity index (χ3v) is 5.61. The molecular weight excluding hydrogens is 365 g/mol. The zero-order valence-electron chi connectivity index (χ0n) is 13.1. The monoisotopic (exact) mass is 381 g/mol. The standard InChI is InChI=1S/C18H17Cl2NO2S/c1-12(23-14-5-3-2-4-6-14)17(22)21-9-10-24-18(21)15-8-7-13(19)11-16(15)20/h2-8,11-12,18H,9-10H2,1H3. The molecule has 126 valence electrons. The van der Waals surface area contributed by atoms with Crippen molar-refractivity contribution in [3.63, 3.8) is 0 Å². The van der Waals surface area contributed by atoms with E-state index in [2.05, 4.69) is 0 Å². The largest absolute Gasteiger partial charge is 0.481 e. The Labute approximate surface area is 155 Å². The van der Waals surface area contributed by atoms with Crippen LogP contribution in [0.1, 0.15) is 17.9 Å². The zero-order valence-corrected chi connectivity index (χ0v) is 15.4. The Bertz CT molecular complexity index is 726. The second-order valence-electron chi connectivity index (χ2n) is 5.49. The Balaban J connectivity index is 1.76. The average molecular weight is 382 g/mol. The van der Waals surface area contributed by atoms with Gasteiger partial charge in [0.15, 0.2) is 6.10 Å². The van der Waals surface area contributed by atoms with Crippen molar-refractivity contribution in [2.45, 2.75) is 18.4 Å². The summed E-state index contributed by atoms with van der Waals surface area (Å²) in [6, 6.07) is 14.8. The van der Waals surface area contributed by atoms with Gasteiger partial charge in [-0.25, -0.2) is 0 Å². The highest BCUT2D eigenvalue weighted by Gasteiger charge is 2.34.